The van der Waals surface area contributed by atoms with E-state index >= 15 is 4.39 Å². The second-order valence-corrected chi connectivity index (χ2v) is 12.1. The number of carbonyl (C=O) groups excluding carboxylic acids is 1. The number of morpholine rings is 1. The zero-order valence-corrected chi connectivity index (χ0v) is 25.2. The number of benzene rings is 1. The first kappa shape index (κ1) is 32.7. The van der Waals surface area contributed by atoms with Gasteiger partial charge in [-0.25, -0.2) is 9.18 Å². The van der Waals surface area contributed by atoms with Gasteiger partial charge < -0.3 is 14.8 Å². The van der Waals surface area contributed by atoms with Crippen molar-refractivity contribution in [3.05, 3.63) is 71.2 Å². The van der Waals surface area contributed by atoms with Crippen molar-refractivity contribution in [2.24, 2.45) is 5.92 Å². The molecule has 3 fully saturated rings. The highest BCUT2D eigenvalue weighted by Gasteiger charge is 2.31. The summed E-state index contributed by atoms with van der Waals surface area (Å²) in [5.74, 6) is 0.0187. The number of amides is 2. The fourth-order valence-corrected chi connectivity index (χ4v) is 6.41. The summed E-state index contributed by atoms with van der Waals surface area (Å²) < 4.78 is 65.2. The third-order valence-corrected chi connectivity index (χ3v) is 9.02. The third-order valence-electron chi connectivity index (χ3n) is 9.02. The van der Waals surface area contributed by atoms with Crippen LogP contribution in [0.3, 0.4) is 0 Å². The molecule has 3 aliphatic heterocycles. The van der Waals surface area contributed by atoms with Gasteiger partial charge in [-0.3, -0.25) is 14.7 Å². The Morgan fingerprint density at radius 1 is 0.955 bits per heavy atom. The van der Waals surface area contributed by atoms with Gasteiger partial charge in [0.1, 0.15) is 5.83 Å². The van der Waals surface area contributed by atoms with E-state index < -0.39 is 17.8 Å². The number of urea groups is 1. The summed E-state index contributed by atoms with van der Waals surface area (Å²) in [5.41, 5.74) is 0.970. The molecular weight excluding hydrogens is 576 g/mol. The van der Waals surface area contributed by atoms with Crippen molar-refractivity contribution in [2.75, 3.05) is 59.2 Å². The predicted molar refractivity (Wildman–Crippen MR) is 160 cm³/mol. The summed E-state index contributed by atoms with van der Waals surface area (Å²) in [6.07, 6.45) is 7.46. The topological polar surface area (TPSA) is 57.3 Å². The van der Waals surface area contributed by atoms with Gasteiger partial charge in [-0.1, -0.05) is 24.3 Å². The van der Waals surface area contributed by atoms with Gasteiger partial charge in [0.25, 0.3) is 0 Å². The molecule has 3 heterocycles. The largest absolute Gasteiger partial charge is 0.416 e. The molecule has 3 saturated heterocycles. The van der Waals surface area contributed by atoms with E-state index in [9.17, 15) is 18.0 Å². The fraction of sp³-hybridized carbons (Fsp3) is 0.606. The first-order chi connectivity index (χ1) is 21.3. The molecule has 5 rings (SSSR count). The summed E-state index contributed by atoms with van der Waals surface area (Å²) in [4.78, 5) is 19.9. The number of allylic oxidation sites excluding steroid dienone is 3. The highest BCUT2D eigenvalue weighted by Crippen LogP contribution is 2.30. The first-order valence-electron chi connectivity index (χ1n) is 15.9. The molecule has 242 valence electrons. The Morgan fingerprint density at radius 2 is 1.68 bits per heavy atom. The lowest BCUT2D eigenvalue weighted by atomic mass is 9.99. The van der Waals surface area contributed by atoms with E-state index in [0.717, 1.165) is 68.6 Å². The molecule has 4 aliphatic rings. The molecule has 2 atom stereocenters. The third kappa shape index (κ3) is 9.15. The maximum Gasteiger partial charge on any atom is 0.416 e. The molecule has 1 aliphatic carbocycles. The van der Waals surface area contributed by atoms with Gasteiger partial charge in [0.2, 0.25) is 0 Å². The zero-order valence-electron chi connectivity index (χ0n) is 25.2. The van der Waals surface area contributed by atoms with Crippen LogP contribution in [0.2, 0.25) is 0 Å². The second kappa shape index (κ2) is 15.5. The van der Waals surface area contributed by atoms with Crippen LogP contribution in [0.1, 0.15) is 49.7 Å². The Balaban J connectivity index is 1.25. The van der Waals surface area contributed by atoms with Gasteiger partial charge in [-0.05, 0) is 81.0 Å². The van der Waals surface area contributed by atoms with Crippen LogP contribution < -0.4 is 5.32 Å². The number of alkyl halides is 3. The van der Waals surface area contributed by atoms with Crippen molar-refractivity contribution in [1.82, 2.24) is 20.0 Å². The molecule has 1 N–H and O–H groups in total. The standard InChI is InChI=1S/C33H44F4N4O3/c34-30-11-10-29(4-1-5-31(30)40-17-21-44-22-18-40)41(32(42)38-28-13-19-43-20-14-28)24-25-3-2-15-39(16-12-25)23-26-6-8-27(9-7-26)33(35,36)37/h1,4-9,11,25,28,31H,2-3,10,12-24H2,(H,38,42)/b5-1?,29-4+,30-11+. The summed E-state index contributed by atoms with van der Waals surface area (Å²) in [7, 11) is 0. The summed E-state index contributed by atoms with van der Waals surface area (Å²) >= 11 is 0. The average molecular weight is 621 g/mol. The van der Waals surface area contributed by atoms with Crippen LogP contribution in [-0.4, -0.2) is 92.0 Å². The maximum absolute atomic E-state index is 15.4. The van der Waals surface area contributed by atoms with Crippen LogP contribution >= 0.6 is 0 Å². The minimum Gasteiger partial charge on any atom is -0.381 e. The quantitative estimate of drug-likeness (QED) is 0.385. The number of likely N-dealkylation sites (tertiary alicyclic amines) is 1. The van der Waals surface area contributed by atoms with Crippen molar-refractivity contribution in [3.8, 4) is 0 Å². The van der Waals surface area contributed by atoms with Crippen molar-refractivity contribution in [2.45, 2.75) is 63.3 Å². The molecule has 1 aromatic carbocycles. The smallest absolute Gasteiger partial charge is 0.381 e. The van der Waals surface area contributed by atoms with Gasteiger partial charge in [-0.2, -0.15) is 13.2 Å². The maximum atomic E-state index is 15.4. The van der Waals surface area contributed by atoms with Crippen LogP contribution in [0.15, 0.2) is 60.1 Å². The molecule has 0 spiro atoms. The Kier molecular flexibility index (Phi) is 11.5. The number of carbonyl (C=O) groups is 1. The van der Waals surface area contributed by atoms with Crippen LogP contribution in [-0.2, 0) is 22.2 Å². The van der Waals surface area contributed by atoms with Crippen LogP contribution in [0.25, 0.3) is 0 Å². The molecule has 7 nitrogen and oxygen atoms in total. The predicted octanol–water partition coefficient (Wildman–Crippen LogP) is 5.90. The zero-order chi connectivity index (χ0) is 30.9. The molecule has 0 radical (unpaired) electrons. The molecule has 0 bridgehead atoms. The normalized spacial score (nSPS) is 27.3. The van der Waals surface area contributed by atoms with E-state index in [1.165, 1.54) is 0 Å². The van der Waals surface area contributed by atoms with Gasteiger partial charge in [0.15, 0.2) is 0 Å². The van der Waals surface area contributed by atoms with Crippen molar-refractivity contribution in [1.29, 1.82) is 0 Å². The molecule has 0 aromatic heterocycles. The fourth-order valence-electron chi connectivity index (χ4n) is 6.41. The molecular formula is C33H44F4N4O3. The van der Waals surface area contributed by atoms with E-state index in [2.05, 4.69) is 15.1 Å². The van der Waals surface area contributed by atoms with E-state index in [0.29, 0.717) is 59.0 Å². The second-order valence-electron chi connectivity index (χ2n) is 12.1. The van der Waals surface area contributed by atoms with Crippen LogP contribution in [0.4, 0.5) is 22.4 Å². The van der Waals surface area contributed by atoms with Gasteiger partial charge >= 0.3 is 12.2 Å². The number of rotatable bonds is 7. The number of hydrogen-bond donors (Lipinski definition) is 1. The number of halogens is 4. The molecule has 1 aromatic rings. The molecule has 11 heteroatoms. The van der Waals surface area contributed by atoms with Crippen molar-refractivity contribution < 1.29 is 31.8 Å². The van der Waals surface area contributed by atoms with E-state index in [1.807, 2.05) is 18.2 Å². The Morgan fingerprint density at radius 3 is 2.41 bits per heavy atom. The lowest BCUT2D eigenvalue weighted by molar-refractivity contribution is -0.137. The number of nitrogens with one attached hydrogen (secondary N) is 1. The van der Waals surface area contributed by atoms with Gasteiger partial charge in [0, 0.05) is 57.6 Å². The highest BCUT2D eigenvalue weighted by atomic mass is 19.4. The van der Waals surface area contributed by atoms with E-state index in [-0.39, 0.29) is 23.8 Å². The summed E-state index contributed by atoms with van der Waals surface area (Å²) in [6.45, 7) is 6.48. The molecule has 0 saturated carbocycles. The Hall–Kier alpha value is -2.73. The number of ether oxygens (including phenoxy) is 2. The Bertz CT molecular complexity index is 1170. The minimum absolute atomic E-state index is 0.0368. The number of nitrogens with zero attached hydrogens (tertiary/aromatic N) is 3. The SMILES string of the molecule is O=C(NC1CCOCC1)N(CC1CCCN(Cc2ccc(C(F)(F)F)cc2)CC1)/C1=C/C=CC(N2CCOCC2)/C(F)=C\C1. The van der Waals surface area contributed by atoms with Gasteiger partial charge in [0.05, 0.1) is 24.8 Å². The lowest BCUT2D eigenvalue weighted by Crippen LogP contribution is -2.47. The van der Waals surface area contributed by atoms with Gasteiger partial charge in [-0.15, -0.1) is 0 Å². The van der Waals surface area contributed by atoms with E-state index in [4.69, 9.17) is 9.47 Å². The average Bonchev–Trinajstić information content (AvgIpc) is 3.24. The summed E-state index contributed by atoms with van der Waals surface area (Å²) in [6, 6.07) is 4.83. The van der Waals surface area contributed by atoms with Crippen molar-refractivity contribution >= 4 is 6.03 Å². The van der Waals surface area contributed by atoms with Crippen molar-refractivity contribution in [3.63, 3.8) is 0 Å². The monoisotopic (exact) mass is 620 g/mol. The minimum atomic E-state index is -4.34. The van der Waals surface area contributed by atoms with E-state index in [1.54, 1.807) is 23.1 Å². The summed E-state index contributed by atoms with van der Waals surface area (Å²) in [5, 5.41) is 3.20. The Labute approximate surface area is 257 Å². The number of hydrogen-bond acceptors (Lipinski definition) is 5. The first-order valence-corrected chi connectivity index (χ1v) is 15.9. The molecule has 2 amide bonds. The molecule has 2 unspecified atom stereocenters. The molecule has 44 heavy (non-hydrogen) atoms. The van der Waals surface area contributed by atoms with Crippen LogP contribution in [0, 0.1) is 5.92 Å². The highest BCUT2D eigenvalue weighted by molar-refractivity contribution is 5.76. The van der Waals surface area contributed by atoms with Crippen LogP contribution in [0.5, 0.6) is 0 Å². The lowest BCUT2D eigenvalue weighted by Gasteiger charge is -2.34.